The summed E-state index contributed by atoms with van der Waals surface area (Å²) in [4.78, 5) is 9.93. The molecule has 6 N–H and O–H groups in total. The summed E-state index contributed by atoms with van der Waals surface area (Å²) in [6, 6.07) is 0. The van der Waals surface area contributed by atoms with Gasteiger partial charge in [-0.1, -0.05) is 0 Å². The molecule has 1 fully saturated rings. The second kappa shape index (κ2) is 9.07. The van der Waals surface area contributed by atoms with Crippen LogP contribution in [0.5, 0.6) is 0 Å². The SMILES string of the molecule is C1CNCCN1.NS(N)(=O)=O.O=C1C=CCO1. The van der Waals surface area contributed by atoms with Crippen molar-refractivity contribution < 1.29 is 17.9 Å². The largest absolute Gasteiger partial charge is 0.458 e. The highest BCUT2D eigenvalue weighted by atomic mass is 32.2. The molecule has 0 spiro atoms. The molecule has 0 radical (unpaired) electrons. The summed E-state index contributed by atoms with van der Waals surface area (Å²) in [6.45, 7) is 5.01. The molecule has 0 bridgehead atoms. The van der Waals surface area contributed by atoms with E-state index in [1.807, 2.05) is 0 Å². The van der Waals surface area contributed by atoms with Gasteiger partial charge in [-0.05, 0) is 6.08 Å². The summed E-state index contributed by atoms with van der Waals surface area (Å²) in [5.74, 6) is -0.227. The van der Waals surface area contributed by atoms with E-state index in [9.17, 15) is 13.2 Å². The van der Waals surface area contributed by atoms with E-state index in [4.69, 9.17) is 0 Å². The fraction of sp³-hybridized carbons (Fsp3) is 0.625. The third-order valence-electron chi connectivity index (χ3n) is 1.53. The Morgan fingerprint density at radius 3 is 1.65 bits per heavy atom. The number of carbonyl (C=O) groups is 1. The van der Waals surface area contributed by atoms with Gasteiger partial charge < -0.3 is 15.4 Å². The van der Waals surface area contributed by atoms with Crippen molar-refractivity contribution in [1.29, 1.82) is 0 Å². The molecule has 8 nitrogen and oxygen atoms in total. The van der Waals surface area contributed by atoms with Crippen LogP contribution in [0.25, 0.3) is 0 Å². The number of rotatable bonds is 0. The van der Waals surface area contributed by atoms with Gasteiger partial charge in [-0.25, -0.2) is 15.1 Å². The van der Waals surface area contributed by atoms with Gasteiger partial charge in [-0.2, -0.15) is 8.42 Å². The number of cyclic esters (lactones) is 1. The van der Waals surface area contributed by atoms with E-state index >= 15 is 0 Å². The highest BCUT2D eigenvalue weighted by molar-refractivity contribution is 7.86. The van der Waals surface area contributed by atoms with Gasteiger partial charge >= 0.3 is 5.97 Å². The van der Waals surface area contributed by atoms with Crippen LogP contribution in [-0.4, -0.2) is 47.2 Å². The zero-order chi connectivity index (χ0) is 13.1. The van der Waals surface area contributed by atoms with Crippen LogP contribution >= 0.6 is 0 Å². The molecule has 0 aromatic rings. The summed E-state index contributed by atoms with van der Waals surface area (Å²) in [5.41, 5.74) is 0. The lowest BCUT2D eigenvalue weighted by atomic mass is 10.4. The highest BCUT2D eigenvalue weighted by Crippen LogP contribution is 1.89. The molecule has 2 aliphatic rings. The van der Waals surface area contributed by atoms with Gasteiger partial charge in [0.25, 0.3) is 10.2 Å². The zero-order valence-corrected chi connectivity index (χ0v) is 10.2. The highest BCUT2D eigenvalue weighted by Gasteiger charge is 1.98. The van der Waals surface area contributed by atoms with Crippen LogP contribution < -0.4 is 20.9 Å². The first-order chi connectivity index (χ1) is 7.89. The minimum atomic E-state index is -3.67. The van der Waals surface area contributed by atoms with Crippen molar-refractivity contribution >= 4 is 16.2 Å². The van der Waals surface area contributed by atoms with E-state index in [0.717, 1.165) is 26.2 Å². The minimum absolute atomic E-state index is 0.227. The molecule has 0 aliphatic carbocycles. The van der Waals surface area contributed by atoms with Crippen molar-refractivity contribution in [1.82, 2.24) is 10.6 Å². The number of esters is 1. The van der Waals surface area contributed by atoms with Gasteiger partial charge in [0, 0.05) is 32.3 Å². The lowest BCUT2D eigenvalue weighted by molar-refractivity contribution is -0.134. The topological polar surface area (TPSA) is 137 Å². The molecule has 1 saturated heterocycles. The summed E-state index contributed by atoms with van der Waals surface area (Å²) in [7, 11) is -3.67. The third-order valence-corrected chi connectivity index (χ3v) is 1.53. The maximum Gasteiger partial charge on any atom is 0.330 e. The Hall–Kier alpha value is -1.00. The second-order valence-corrected chi connectivity index (χ2v) is 4.30. The van der Waals surface area contributed by atoms with Gasteiger partial charge in [0.15, 0.2) is 0 Å². The minimum Gasteiger partial charge on any atom is -0.458 e. The van der Waals surface area contributed by atoms with E-state index in [0.29, 0.717) is 6.61 Å². The number of ether oxygens (including phenoxy) is 1. The quantitative estimate of drug-likeness (QED) is 0.356. The number of piperazine rings is 1. The van der Waals surface area contributed by atoms with Crippen LogP contribution in [-0.2, 0) is 19.7 Å². The van der Waals surface area contributed by atoms with E-state index in [-0.39, 0.29) is 5.97 Å². The monoisotopic (exact) mass is 266 g/mol. The Balaban J connectivity index is 0.000000228. The van der Waals surface area contributed by atoms with Gasteiger partial charge in [0.2, 0.25) is 0 Å². The van der Waals surface area contributed by atoms with Gasteiger partial charge in [0.05, 0.1) is 0 Å². The predicted octanol–water partition coefficient (Wildman–Crippen LogP) is -2.57. The van der Waals surface area contributed by atoms with Crippen molar-refractivity contribution in [2.45, 2.75) is 0 Å². The van der Waals surface area contributed by atoms with Crippen LogP contribution in [0.15, 0.2) is 12.2 Å². The summed E-state index contributed by atoms with van der Waals surface area (Å²) in [6.07, 6.45) is 3.10. The molecule has 2 heterocycles. The normalized spacial score (nSPS) is 18.4. The molecule has 0 unspecified atom stereocenters. The standard InChI is InChI=1S/C4H10N2.C4H4O2.H4N2O2S/c1-2-6-4-3-5-1;5-4-2-1-3-6-4;1-5(2,3)4/h5-6H,1-4H2;1-2H,3H2;(H4,1,2,3,4). The molecule has 0 amide bonds. The van der Waals surface area contributed by atoms with Crippen LogP contribution in [0, 0.1) is 0 Å². The first-order valence-electron chi connectivity index (χ1n) is 4.95. The maximum atomic E-state index is 9.93. The average Bonchev–Trinajstić information content (AvgIpc) is 2.70. The van der Waals surface area contributed by atoms with E-state index in [1.54, 1.807) is 6.08 Å². The fourth-order valence-electron chi connectivity index (χ4n) is 0.926. The van der Waals surface area contributed by atoms with E-state index in [1.165, 1.54) is 6.08 Å². The van der Waals surface area contributed by atoms with Crippen LogP contribution in [0.4, 0.5) is 0 Å². The zero-order valence-electron chi connectivity index (χ0n) is 9.39. The molecule has 0 aromatic heterocycles. The fourth-order valence-corrected chi connectivity index (χ4v) is 0.926. The number of hydrogen-bond acceptors (Lipinski definition) is 6. The van der Waals surface area contributed by atoms with Crippen molar-refractivity contribution in [2.24, 2.45) is 10.3 Å². The lowest BCUT2D eigenvalue weighted by Crippen LogP contribution is -2.39. The predicted molar refractivity (Wildman–Crippen MR) is 63.1 cm³/mol. The van der Waals surface area contributed by atoms with Gasteiger partial charge in [-0.3, -0.25) is 0 Å². The summed E-state index contributed by atoms with van der Waals surface area (Å²) in [5, 5.41) is 14.7. The Morgan fingerprint density at radius 2 is 1.53 bits per heavy atom. The number of nitrogens with two attached hydrogens (primary N) is 2. The molecular formula is C8H18N4O4S. The second-order valence-electron chi connectivity index (χ2n) is 3.12. The molecular weight excluding hydrogens is 248 g/mol. The molecule has 100 valence electrons. The van der Waals surface area contributed by atoms with E-state index < -0.39 is 10.2 Å². The van der Waals surface area contributed by atoms with Crippen molar-refractivity contribution in [2.75, 3.05) is 32.8 Å². The number of hydrogen-bond donors (Lipinski definition) is 4. The molecule has 2 rings (SSSR count). The molecule has 0 saturated carbocycles. The number of carbonyl (C=O) groups excluding carboxylic acids is 1. The van der Waals surface area contributed by atoms with Gasteiger partial charge in [-0.15, -0.1) is 0 Å². The summed E-state index contributed by atoms with van der Waals surface area (Å²) < 4.78 is 22.8. The van der Waals surface area contributed by atoms with Crippen molar-refractivity contribution in [3.8, 4) is 0 Å². The molecule has 9 heteroatoms. The lowest BCUT2D eigenvalue weighted by Gasteiger charge is -2.11. The first-order valence-corrected chi connectivity index (χ1v) is 6.56. The Morgan fingerprint density at radius 1 is 1.12 bits per heavy atom. The first kappa shape index (κ1) is 16.0. The van der Waals surface area contributed by atoms with Crippen molar-refractivity contribution in [3.05, 3.63) is 12.2 Å². The van der Waals surface area contributed by atoms with Crippen LogP contribution in [0.1, 0.15) is 0 Å². The maximum absolute atomic E-state index is 9.93. The molecule has 0 aromatic carbocycles. The summed E-state index contributed by atoms with van der Waals surface area (Å²) >= 11 is 0. The Kier molecular flexibility index (Phi) is 8.54. The Bertz CT molecular complexity index is 318. The molecule has 17 heavy (non-hydrogen) atoms. The smallest absolute Gasteiger partial charge is 0.330 e. The van der Waals surface area contributed by atoms with E-state index in [2.05, 4.69) is 25.6 Å². The van der Waals surface area contributed by atoms with Crippen LogP contribution in [0.2, 0.25) is 0 Å². The third kappa shape index (κ3) is 17.6. The molecule has 2 aliphatic heterocycles. The average molecular weight is 266 g/mol. The van der Waals surface area contributed by atoms with Gasteiger partial charge in [0.1, 0.15) is 6.61 Å². The molecule has 0 atom stereocenters. The van der Waals surface area contributed by atoms with Crippen LogP contribution in [0.3, 0.4) is 0 Å². The Labute approximate surface area is 101 Å². The number of nitrogens with one attached hydrogen (secondary N) is 2. The van der Waals surface area contributed by atoms with Crippen molar-refractivity contribution in [3.63, 3.8) is 0 Å².